The molecule has 1 aliphatic heterocycles. The van der Waals surface area contributed by atoms with Crippen LogP contribution in [0.1, 0.15) is 32.6 Å². The molecule has 0 bridgehead atoms. The minimum absolute atomic E-state index is 0.246. The molecule has 0 aromatic heterocycles. The molecule has 0 atom stereocenters. The summed E-state index contributed by atoms with van der Waals surface area (Å²) in [4.78, 5) is 26.9. The van der Waals surface area contributed by atoms with Crippen molar-refractivity contribution in [2.45, 2.75) is 13.0 Å². The summed E-state index contributed by atoms with van der Waals surface area (Å²) in [5, 5.41) is 8.89. The summed E-state index contributed by atoms with van der Waals surface area (Å²) in [5.41, 5.74) is 5.12. The molecule has 3 aromatic rings. The highest BCUT2D eigenvalue weighted by atomic mass is 19.1. The van der Waals surface area contributed by atoms with Gasteiger partial charge in [0, 0.05) is 24.2 Å². The maximum Gasteiger partial charge on any atom is 0.274 e. The summed E-state index contributed by atoms with van der Waals surface area (Å²) >= 11 is 0. The summed E-state index contributed by atoms with van der Waals surface area (Å²) in [5.74, 6) is -1.35. The topological polar surface area (TPSA) is 69.6 Å². The molecule has 31 heavy (non-hydrogen) atoms. The lowest BCUT2D eigenvalue weighted by Gasteiger charge is -2.30. The van der Waals surface area contributed by atoms with Gasteiger partial charge in [-0.1, -0.05) is 54.6 Å². The Morgan fingerprint density at radius 1 is 0.968 bits per heavy atom. The van der Waals surface area contributed by atoms with E-state index < -0.39 is 11.7 Å². The van der Waals surface area contributed by atoms with Crippen LogP contribution in [0.5, 0.6) is 0 Å². The first-order chi connectivity index (χ1) is 15.1. The van der Waals surface area contributed by atoms with Gasteiger partial charge in [-0.05, 0) is 47.4 Å². The van der Waals surface area contributed by atoms with Crippen molar-refractivity contribution >= 4 is 23.5 Å². The quantitative estimate of drug-likeness (QED) is 0.292. The van der Waals surface area contributed by atoms with Gasteiger partial charge in [-0.3, -0.25) is 14.8 Å². The summed E-state index contributed by atoms with van der Waals surface area (Å²) in [6.07, 6.45) is 2.32. The molecular weight excluding hydrogens is 395 g/mol. The van der Waals surface area contributed by atoms with E-state index in [-0.39, 0.29) is 17.0 Å². The first-order valence-electron chi connectivity index (χ1n) is 9.94. The van der Waals surface area contributed by atoms with E-state index in [4.69, 9.17) is 5.21 Å². The number of hydrogen-bond donors (Lipinski definition) is 2. The summed E-state index contributed by atoms with van der Waals surface area (Å²) in [6, 6.07) is 20.7. The first kappa shape index (κ1) is 20.5. The number of nitrogens with one attached hydrogen (secondary N) is 1. The average molecular weight is 416 g/mol. The van der Waals surface area contributed by atoms with E-state index in [9.17, 15) is 14.0 Å². The van der Waals surface area contributed by atoms with Crippen LogP contribution >= 0.6 is 0 Å². The van der Waals surface area contributed by atoms with Gasteiger partial charge in [0.05, 0.1) is 5.57 Å². The molecule has 0 unspecified atom stereocenters. The Morgan fingerprint density at radius 3 is 2.45 bits per heavy atom. The second kappa shape index (κ2) is 8.93. The molecular formula is C25H21FN2O3. The number of carbonyl (C=O) groups excluding carboxylic acids is 2. The van der Waals surface area contributed by atoms with Crippen molar-refractivity contribution in [2.24, 2.45) is 0 Å². The lowest BCUT2D eigenvalue weighted by atomic mass is 9.95. The van der Waals surface area contributed by atoms with Gasteiger partial charge >= 0.3 is 0 Å². The monoisotopic (exact) mass is 416 g/mol. The molecule has 0 aliphatic carbocycles. The zero-order chi connectivity index (χ0) is 21.8. The number of amides is 2. The Balaban J connectivity index is 1.69. The molecule has 1 aliphatic rings. The Hall–Kier alpha value is -3.77. The van der Waals surface area contributed by atoms with E-state index in [1.165, 1.54) is 6.07 Å². The van der Waals surface area contributed by atoms with E-state index in [0.29, 0.717) is 25.1 Å². The standard InChI is InChI=1S/C25H21FN2O3/c26-23-9-5-4-8-21(23)22(14-17-6-2-1-3-7-17)25(30)28-13-12-18-10-11-19(24(29)27-31)15-20(18)16-28/h1-11,14-15,31H,12-13,16H2,(H,27,29)/b22-14+. The third-order valence-electron chi connectivity index (χ3n) is 5.37. The molecule has 6 heteroatoms. The molecule has 4 rings (SSSR count). The van der Waals surface area contributed by atoms with E-state index in [1.54, 1.807) is 46.8 Å². The highest BCUT2D eigenvalue weighted by Crippen LogP contribution is 2.27. The van der Waals surface area contributed by atoms with Crippen LogP contribution in [0.4, 0.5) is 4.39 Å². The number of carbonyl (C=O) groups is 2. The van der Waals surface area contributed by atoms with Gasteiger partial charge in [-0.2, -0.15) is 0 Å². The van der Waals surface area contributed by atoms with Crippen molar-refractivity contribution < 1.29 is 19.2 Å². The van der Waals surface area contributed by atoms with E-state index in [2.05, 4.69) is 0 Å². The van der Waals surface area contributed by atoms with Gasteiger partial charge in [0.15, 0.2) is 0 Å². The molecule has 2 amide bonds. The molecule has 5 nitrogen and oxygen atoms in total. The van der Waals surface area contributed by atoms with Gasteiger partial charge in [-0.15, -0.1) is 0 Å². The third-order valence-corrected chi connectivity index (χ3v) is 5.37. The van der Waals surface area contributed by atoms with Gasteiger partial charge < -0.3 is 4.90 Å². The summed E-state index contributed by atoms with van der Waals surface area (Å²) < 4.78 is 14.6. The lowest BCUT2D eigenvalue weighted by molar-refractivity contribution is -0.125. The highest BCUT2D eigenvalue weighted by Gasteiger charge is 2.26. The Kier molecular flexibility index (Phi) is 5.91. The molecule has 0 saturated carbocycles. The molecule has 0 fully saturated rings. The average Bonchev–Trinajstić information content (AvgIpc) is 2.82. The summed E-state index contributed by atoms with van der Waals surface area (Å²) in [7, 11) is 0. The second-order valence-corrected chi connectivity index (χ2v) is 7.35. The zero-order valence-electron chi connectivity index (χ0n) is 16.7. The molecule has 0 saturated heterocycles. The fraction of sp³-hybridized carbons (Fsp3) is 0.120. The fourth-order valence-corrected chi connectivity index (χ4v) is 3.76. The number of nitrogens with zero attached hydrogens (tertiary/aromatic N) is 1. The van der Waals surface area contributed by atoms with Crippen LogP contribution in [-0.4, -0.2) is 28.5 Å². The van der Waals surface area contributed by atoms with Crippen molar-refractivity contribution in [2.75, 3.05) is 6.54 Å². The van der Waals surface area contributed by atoms with Gasteiger partial charge in [0.1, 0.15) is 5.82 Å². The highest BCUT2D eigenvalue weighted by molar-refractivity contribution is 6.24. The minimum Gasteiger partial charge on any atom is -0.334 e. The van der Waals surface area contributed by atoms with Gasteiger partial charge in [0.2, 0.25) is 0 Å². The van der Waals surface area contributed by atoms with Crippen LogP contribution in [0.2, 0.25) is 0 Å². The third kappa shape index (κ3) is 4.39. The number of hydroxylamine groups is 1. The molecule has 3 aromatic carbocycles. The normalized spacial score (nSPS) is 13.5. The zero-order valence-corrected chi connectivity index (χ0v) is 16.7. The Bertz CT molecular complexity index is 1160. The Morgan fingerprint density at radius 2 is 1.71 bits per heavy atom. The number of halogens is 1. The smallest absolute Gasteiger partial charge is 0.274 e. The van der Waals surface area contributed by atoms with E-state index >= 15 is 0 Å². The van der Waals surface area contributed by atoms with Crippen molar-refractivity contribution in [1.29, 1.82) is 0 Å². The van der Waals surface area contributed by atoms with Gasteiger partial charge in [-0.25, -0.2) is 9.87 Å². The van der Waals surface area contributed by atoms with Crippen LogP contribution in [0.3, 0.4) is 0 Å². The van der Waals surface area contributed by atoms with Crippen LogP contribution in [0, 0.1) is 5.82 Å². The van der Waals surface area contributed by atoms with Gasteiger partial charge in [0.25, 0.3) is 11.8 Å². The molecule has 156 valence electrons. The lowest BCUT2D eigenvalue weighted by Crippen LogP contribution is -2.36. The Labute approximate surface area is 179 Å². The molecule has 0 radical (unpaired) electrons. The van der Waals surface area contributed by atoms with Crippen molar-refractivity contribution in [1.82, 2.24) is 10.4 Å². The first-order valence-corrected chi connectivity index (χ1v) is 9.94. The SMILES string of the molecule is O=C(NO)c1ccc2c(c1)CN(C(=O)/C(=C/c1ccccc1)c1ccccc1F)CC2. The molecule has 2 N–H and O–H groups in total. The van der Waals surface area contributed by atoms with Crippen LogP contribution < -0.4 is 5.48 Å². The van der Waals surface area contributed by atoms with E-state index in [1.807, 2.05) is 36.4 Å². The molecule has 0 spiro atoms. The van der Waals surface area contributed by atoms with Crippen LogP contribution in [0.25, 0.3) is 11.6 Å². The molecule has 1 heterocycles. The van der Waals surface area contributed by atoms with Crippen LogP contribution in [0.15, 0.2) is 72.8 Å². The van der Waals surface area contributed by atoms with Crippen molar-refractivity contribution in [3.63, 3.8) is 0 Å². The van der Waals surface area contributed by atoms with Crippen molar-refractivity contribution in [3.8, 4) is 0 Å². The maximum absolute atomic E-state index is 14.6. The minimum atomic E-state index is -0.609. The predicted molar refractivity (Wildman–Crippen MR) is 116 cm³/mol. The number of hydrogen-bond acceptors (Lipinski definition) is 3. The fourth-order valence-electron chi connectivity index (χ4n) is 3.76. The number of rotatable bonds is 4. The second-order valence-electron chi connectivity index (χ2n) is 7.35. The predicted octanol–water partition coefficient (Wildman–Crippen LogP) is 4.07. The van der Waals surface area contributed by atoms with Crippen LogP contribution in [-0.2, 0) is 17.8 Å². The summed E-state index contributed by atoms with van der Waals surface area (Å²) in [6.45, 7) is 0.777. The number of fused-ring (bicyclic) bond motifs is 1. The maximum atomic E-state index is 14.6. The van der Waals surface area contributed by atoms with Crippen molar-refractivity contribution in [3.05, 3.63) is 106 Å². The number of benzene rings is 3. The largest absolute Gasteiger partial charge is 0.334 e. The van der Waals surface area contributed by atoms with E-state index in [0.717, 1.165) is 16.7 Å².